The third-order valence-electron chi connectivity index (χ3n) is 4.55. The Morgan fingerprint density at radius 3 is 2.54 bits per heavy atom. The van der Waals surface area contributed by atoms with Crippen LogP contribution >= 0.6 is 12.2 Å². The van der Waals surface area contributed by atoms with Crippen LogP contribution in [0, 0.1) is 5.92 Å². The molecule has 0 spiro atoms. The van der Waals surface area contributed by atoms with E-state index in [-0.39, 0.29) is 0 Å². The first kappa shape index (κ1) is 18.5. The van der Waals surface area contributed by atoms with Crippen molar-refractivity contribution in [3.8, 4) is 11.5 Å². The molecule has 0 heterocycles. The lowest BCUT2D eigenvalue weighted by atomic mass is 9.86. The van der Waals surface area contributed by atoms with Crippen LogP contribution in [-0.2, 0) is 0 Å². The van der Waals surface area contributed by atoms with Gasteiger partial charge >= 0.3 is 0 Å². The fourth-order valence-corrected chi connectivity index (χ4v) is 3.19. The van der Waals surface area contributed by atoms with Crippen LogP contribution in [0.4, 0.5) is 0 Å². The predicted octanol–water partition coefficient (Wildman–Crippen LogP) is 3.47. The first-order chi connectivity index (χ1) is 11.5. The van der Waals surface area contributed by atoms with Crippen LogP contribution in [0.15, 0.2) is 23.3 Å². The Balaban J connectivity index is 1.96. The molecule has 0 radical (unpaired) electrons. The smallest absolute Gasteiger partial charge is 0.187 e. The van der Waals surface area contributed by atoms with Gasteiger partial charge in [0.2, 0.25) is 0 Å². The summed E-state index contributed by atoms with van der Waals surface area (Å²) in [6.07, 6.45) is 5.00. The lowest BCUT2D eigenvalue weighted by Gasteiger charge is -2.30. The molecule has 0 saturated heterocycles. The van der Waals surface area contributed by atoms with Crippen LogP contribution in [0.2, 0.25) is 0 Å². The van der Waals surface area contributed by atoms with Gasteiger partial charge in [-0.1, -0.05) is 19.8 Å². The van der Waals surface area contributed by atoms with Gasteiger partial charge in [0.15, 0.2) is 16.6 Å². The largest absolute Gasteiger partial charge is 0.493 e. The SMILES string of the molecule is COc1ccc(/C(C)=N\NC(=S)N[C@@H]2CCCC[C@@H]2C)cc1OC. The van der Waals surface area contributed by atoms with E-state index in [1.807, 2.05) is 25.1 Å². The van der Waals surface area contributed by atoms with Gasteiger partial charge in [-0.05, 0) is 56.1 Å². The molecule has 1 saturated carbocycles. The van der Waals surface area contributed by atoms with Crippen LogP contribution in [0.1, 0.15) is 45.1 Å². The van der Waals surface area contributed by atoms with E-state index in [9.17, 15) is 0 Å². The van der Waals surface area contributed by atoms with E-state index in [4.69, 9.17) is 21.7 Å². The number of hydrogen-bond acceptors (Lipinski definition) is 4. The highest BCUT2D eigenvalue weighted by Crippen LogP contribution is 2.27. The van der Waals surface area contributed by atoms with Crippen LogP contribution < -0.4 is 20.2 Å². The number of ether oxygens (including phenoxy) is 2. The number of benzene rings is 1. The molecule has 0 aromatic heterocycles. The van der Waals surface area contributed by atoms with Gasteiger partial charge in [0, 0.05) is 11.6 Å². The number of methoxy groups -OCH3 is 2. The maximum Gasteiger partial charge on any atom is 0.187 e. The van der Waals surface area contributed by atoms with Crippen molar-refractivity contribution in [2.75, 3.05) is 14.2 Å². The second kappa shape index (κ2) is 8.87. The zero-order valence-corrected chi connectivity index (χ0v) is 15.7. The Kier molecular flexibility index (Phi) is 6.85. The molecule has 0 amide bonds. The van der Waals surface area contributed by atoms with Gasteiger partial charge in [-0.15, -0.1) is 0 Å². The first-order valence-electron chi connectivity index (χ1n) is 8.38. The molecule has 0 bridgehead atoms. The molecule has 1 aliphatic rings. The minimum Gasteiger partial charge on any atom is -0.493 e. The summed E-state index contributed by atoms with van der Waals surface area (Å²) in [7, 11) is 3.24. The molecule has 2 rings (SSSR count). The van der Waals surface area contributed by atoms with Crippen molar-refractivity contribution in [1.29, 1.82) is 0 Å². The van der Waals surface area contributed by atoms with Crippen molar-refractivity contribution in [3.05, 3.63) is 23.8 Å². The molecule has 2 N–H and O–H groups in total. The van der Waals surface area contributed by atoms with E-state index < -0.39 is 0 Å². The van der Waals surface area contributed by atoms with E-state index in [1.54, 1.807) is 14.2 Å². The highest BCUT2D eigenvalue weighted by Gasteiger charge is 2.21. The molecule has 0 unspecified atom stereocenters. The highest BCUT2D eigenvalue weighted by atomic mass is 32.1. The minimum atomic E-state index is 0.440. The molecule has 24 heavy (non-hydrogen) atoms. The molecule has 1 aliphatic carbocycles. The lowest BCUT2D eigenvalue weighted by molar-refractivity contribution is 0.308. The van der Waals surface area contributed by atoms with E-state index >= 15 is 0 Å². The lowest BCUT2D eigenvalue weighted by Crippen LogP contribution is -2.44. The molecule has 1 aromatic carbocycles. The van der Waals surface area contributed by atoms with E-state index in [1.165, 1.54) is 25.7 Å². The summed E-state index contributed by atoms with van der Waals surface area (Å²) in [5.41, 5.74) is 4.73. The van der Waals surface area contributed by atoms with Gasteiger partial charge in [0.25, 0.3) is 0 Å². The Morgan fingerprint density at radius 1 is 1.17 bits per heavy atom. The van der Waals surface area contributed by atoms with E-state index in [0.29, 0.717) is 28.6 Å². The zero-order chi connectivity index (χ0) is 17.5. The second-order valence-electron chi connectivity index (χ2n) is 6.22. The van der Waals surface area contributed by atoms with Gasteiger partial charge in [0.05, 0.1) is 19.9 Å². The Labute approximate surface area is 149 Å². The molecule has 0 aliphatic heterocycles. The van der Waals surface area contributed by atoms with E-state index in [0.717, 1.165) is 11.3 Å². The van der Waals surface area contributed by atoms with Gasteiger partial charge in [-0.25, -0.2) is 0 Å². The summed E-state index contributed by atoms with van der Waals surface area (Å²) in [5, 5.41) is 8.34. The van der Waals surface area contributed by atoms with Crippen LogP contribution in [-0.4, -0.2) is 31.1 Å². The molecule has 5 nitrogen and oxygen atoms in total. The van der Waals surface area contributed by atoms with Crippen LogP contribution in [0.5, 0.6) is 11.5 Å². The number of hydrazone groups is 1. The molecular weight excluding hydrogens is 322 g/mol. The number of nitrogens with one attached hydrogen (secondary N) is 2. The maximum absolute atomic E-state index is 5.37. The minimum absolute atomic E-state index is 0.440. The summed E-state index contributed by atoms with van der Waals surface area (Å²) >= 11 is 5.37. The van der Waals surface area contributed by atoms with Gasteiger partial charge in [-0.2, -0.15) is 5.10 Å². The zero-order valence-electron chi connectivity index (χ0n) is 14.9. The van der Waals surface area contributed by atoms with Gasteiger partial charge in [0.1, 0.15) is 0 Å². The van der Waals surface area contributed by atoms with Crippen LogP contribution in [0.3, 0.4) is 0 Å². The Hall–Kier alpha value is -1.82. The normalized spacial score (nSPS) is 21.1. The summed E-state index contributed by atoms with van der Waals surface area (Å²) in [4.78, 5) is 0. The fourth-order valence-electron chi connectivity index (χ4n) is 2.99. The monoisotopic (exact) mass is 349 g/mol. The van der Waals surface area contributed by atoms with Crippen molar-refractivity contribution in [3.63, 3.8) is 0 Å². The Morgan fingerprint density at radius 2 is 1.88 bits per heavy atom. The summed E-state index contributed by atoms with van der Waals surface area (Å²) in [6, 6.07) is 6.16. The first-order valence-corrected chi connectivity index (χ1v) is 8.79. The van der Waals surface area contributed by atoms with Crippen molar-refractivity contribution in [2.24, 2.45) is 11.0 Å². The molecule has 132 valence electrons. The van der Waals surface area contributed by atoms with Crippen molar-refractivity contribution >= 4 is 23.0 Å². The molecule has 2 atom stereocenters. The molecule has 1 fully saturated rings. The van der Waals surface area contributed by atoms with Crippen molar-refractivity contribution < 1.29 is 9.47 Å². The average molecular weight is 350 g/mol. The van der Waals surface area contributed by atoms with Crippen LogP contribution in [0.25, 0.3) is 0 Å². The Bertz CT molecular complexity index is 604. The quantitative estimate of drug-likeness (QED) is 0.484. The number of rotatable bonds is 5. The number of thiocarbonyl (C=S) groups is 1. The fraction of sp³-hybridized carbons (Fsp3) is 0.556. The highest BCUT2D eigenvalue weighted by molar-refractivity contribution is 7.80. The molecule has 6 heteroatoms. The third kappa shape index (κ3) is 4.84. The molecule has 1 aromatic rings. The van der Waals surface area contributed by atoms with Crippen molar-refractivity contribution in [2.45, 2.75) is 45.6 Å². The van der Waals surface area contributed by atoms with Gasteiger partial charge < -0.3 is 14.8 Å². The number of nitrogens with zero attached hydrogens (tertiary/aromatic N) is 1. The predicted molar refractivity (Wildman–Crippen MR) is 102 cm³/mol. The second-order valence-corrected chi connectivity index (χ2v) is 6.63. The topological polar surface area (TPSA) is 54.9 Å². The van der Waals surface area contributed by atoms with E-state index in [2.05, 4.69) is 22.8 Å². The summed E-state index contributed by atoms with van der Waals surface area (Å²) in [5.74, 6) is 2.03. The standard InChI is InChI=1S/C18H27N3O2S/c1-12-7-5-6-8-15(12)19-18(24)21-20-13(2)14-9-10-16(22-3)17(11-14)23-4/h9-12,15H,5-8H2,1-4H3,(H2,19,21,24)/b20-13-/t12-,15+/m0/s1. The summed E-state index contributed by atoms with van der Waals surface area (Å²) in [6.45, 7) is 4.21. The maximum atomic E-state index is 5.37. The molecular formula is C18H27N3O2S. The third-order valence-corrected chi connectivity index (χ3v) is 4.76. The number of hydrogen-bond donors (Lipinski definition) is 2. The summed E-state index contributed by atoms with van der Waals surface area (Å²) < 4.78 is 10.6. The van der Waals surface area contributed by atoms with Gasteiger partial charge in [-0.3, -0.25) is 5.43 Å². The average Bonchev–Trinajstić information content (AvgIpc) is 2.61. The van der Waals surface area contributed by atoms with Crippen molar-refractivity contribution in [1.82, 2.24) is 10.7 Å².